The first kappa shape index (κ1) is 20.1. The van der Waals surface area contributed by atoms with E-state index in [1.54, 1.807) is 32.9 Å². The van der Waals surface area contributed by atoms with Crippen LogP contribution in [0, 0.1) is 20.8 Å². The number of ether oxygens (including phenoxy) is 1. The number of thiophene rings is 1. The molecule has 26 heavy (non-hydrogen) atoms. The number of anilines is 1. The molecule has 1 N–H and O–H groups in total. The number of amides is 1. The molecule has 140 valence electrons. The number of aryl methyl sites for hydroxylation is 2. The van der Waals surface area contributed by atoms with Gasteiger partial charge in [-0.3, -0.25) is 4.79 Å². The summed E-state index contributed by atoms with van der Waals surface area (Å²) in [4.78, 5) is 25.8. The van der Waals surface area contributed by atoms with Crippen molar-refractivity contribution < 1.29 is 22.7 Å². The molecule has 6 nitrogen and oxygen atoms in total. The number of rotatable bonds is 5. The number of hydrogen-bond donors (Lipinski definition) is 1. The van der Waals surface area contributed by atoms with Gasteiger partial charge in [-0.15, -0.1) is 11.3 Å². The summed E-state index contributed by atoms with van der Waals surface area (Å²) in [6, 6.07) is 4.48. The van der Waals surface area contributed by atoms with E-state index < -0.39 is 21.7 Å². The van der Waals surface area contributed by atoms with Crippen molar-refractivity contribution in [2.45, 2.75) is 32.6 Å². The molecule has 0 aliphatic rings. The molecule has 0 fully saturated rings. The Bertz CT molecular complexity index is 974. The van der Waals surface area contributed by atoms with Crippen LogP contribution < -0.4 is 5.32 Å². The Labute approximate surface area is 157 Å². The van der Waals surface area contributed by atoms with Crippen molar-refractivity contribution >= 4 is 38.1 Å². The minimum absolute atomic E-state index is 0.106. The van der Waals surface area contributed by atoms with Crippen LogP contribution in [0.3, 0.4) is 0 Å². The van der Waals surface area contributed by atoms with Gasteiger partial charge in [0.25, 0.3) is 5.91 Å². The molecule has 0 spiro atoms. The van der Waals surface area contributed by atoms with Crippen LogP contribution in [0.4, 0.5) is 5.00 Å². The highest BCUT2D eigenvalue weighted by atomic mass is 32.2. The Balaban J connectivity index is 2.40. The van der Waals surface area contributed by atoms with Crippen molar-refractivity contribution in [2.75, 3.05) is 18.2 Å². The molecular weight excluding hydrogens is 374 g/mol. The second kappa shape index (κ2) is 7.59. The van der Waals surface area contributed by atoms with Gasteiger partial charge in [0.1, 0.15) is 5.00 Å². The van der Waals surface area contributed by atoms with E-state index in [2.05, 4.69) is 5.32 Å². The van der Waals surface area contributed by atoms with E-state index in [4.69, 9.17) is 4.74 Å². The molecule has 0 saturated heterocycles. The third-order valence-corrected chi connectivity index (χ3v) is 6.30. The zero-order valence-corrected chi connectivity index (χ0v) is 16.9. The molecule has 1 heterocycles. The number of carbonyl (C=O) groups is 2. The van der Waals surface area contributed by atoms with E-state index >= 15 is 0 Å². The molecule has 2 rings (SSSR count). The Hall–Kier alpha value is -2.19. The summed E-state index contributed by atoms with van der Waals surface area (Å²) in [5, 5.41) is 3.10. The fourth-order valence-electron chi connectivity index (χ4n) is 2.48. The first-order valence-electron chi connectivity index (χ1n) is 7.95. The van der Waals surface area contributed by atoms with Crippen molar-refractivity contribution in [3.8, 4) is 0 Å². The third-order valence-electron chi connectivity index (χ3n) is 3.94. The first-order chi connectivity index (χ1) is 12.1. The van der Waals surface area contributed by atoms with Crippen molar-refractivity contribution in [1.29, 1.82) is 0 Å². The van der Waals surface area contributed by atoms with E-state index in [1.807, 2.05) is 6.92 Å². The normalized spacial score (nSPS) is 11.3. The van der Waals surface area contributed by atoms with Crippen LogP contribution in [0.2, 0.25) is 0 Å². The number of nitrogens with one attached hydrogen (secondary N) is 1. The van der Waals surface area contributed by atoms with Gasteiger partial charge < -0.3 is 10.1 Å². The standard InChI is InChI=1S/C18H21NO5S2/c1-6-24-18(21)15-11(3)12(4)25-17(15)19-16(20)13-8-7-10(2)14(9-13)26(5,22)23/h7-9H,6H2,1-5H3,(H,19,20). The molecule has 2 aromatic rings. The van der Waals surface area contributed by atoms with Crippen molar-refractivity contribution in [3.05, 3.63) is 45.3 Å². The summed E-state index contributed by atoms with van der Waals surface area (Å²) in [6.07, 6.45) is 1.10. The molecular formula is C18H21NO5S2. The monoisotopic (exact) mass is 395 g/mol. The maximum atomic E-state index is 12.6. The zero-order chi connectivity index (χ0) is 19.6. The van der Waals surface area contributed by atoms with Crippen molar-refractivity contribution in [1.82, 2.24) is 0 Å². The molecule has 0 aliphatic heterocycles. The van der Waals surface area contributed by atoms with Crippen LogP contribution in [-0.2, 0) is 14.6 Å². The van der Waals surface area contributed by atoms with Crippen molar-refractivity contribution in [2.24, 2.45) is 0 Å². The van der Waals surface area contributed by atoms with Gasteiger partial charge in [-0.2, -0.15) is 0 Å². The zero-order valence-electron chi connectivity index (χ0n) is 15.3. The van der Waals surface area contributed by atoms with E-state index in [1.165, 1.54) is 17.4 Å². The minimum Gasteiger partial charge on any atom is -0.462 e. The fraction of sp³-hybridized carbons (Fsp3) is 0.333. The fourth-order valence-corrected chi connectivity index (χ4v) is 4.52. The highest BCUT2D eigenvalue weighted by Gasteiger charge is 2.23. The first-order valence-corrected chi connectivity index (χ1v) is 10.7. The summed E-state index contributed by atoms with van der Waals surface area (Å²) >= 11 is 1.28. The van der Waals surface area contributed by atoms with Crippen LogP contribution in [0.1, 0.15) is 43.6 Å². The number of esters is 1. The number of sulfone groups is 1. The van der Waals surface area contributed by atoms with Gasteiger partial charge in [0, 0.05) is 16.7 Å². The lowest BCUT2D eigenvalue weighted by Gasteiger charge is -2.09. The summed E-state index contributed by atoms with van der Waals surface area (Å²) in [6.45, 7) is 7.26. The molecule has 0 bridgehead atoms. The second-order valence-corrected chi connectivity index (χ2v) is 9.12. The number of hydrogen-bond acceptors (Lipinski definition) is 6. The Morgan fingerprint density at radius 3 is 2.42 bits per heavy atom. The van der Waals surface area contributed by atoms with E-state index in [9.17, 15) is 18.0 Å². The Morgan fingerprint density at radius 2 is 1.85 bits per heavy atom. The lowest BCUT2D eigenvalue weighted by molar-refractivity contribution is 0.0527. The van der Waals surface area contributed by atoms with Crippen LogP contribution in [0.5, 0.6) is 0 Å². The van der Waals surface area contributed by atoms with Gasteiger partial charge in [0.15, 0.2) is 9.84 Å². The van der Waals surface area contributed by atoms with Crippen molar-refractivity contribution in [3.63, 3.8) is 0 Å². The quantitative estimate of drug-likeness (QED) is 0.783. The predicted octanol–water partition coefficient (Wildman–Crippen LogP) is 3.51. The predicted molar refractivity (Wildman–Crippen MR) is 102 cm³/mol. The van der Waals surface area contributed by atoms with Gasteiger partial charge in [0.05, 0.1) is 17.1 Å². The lowest BCUT2D eigenvalue weighted by atomic mass is 10.1. The number of benzene rings is 1. The maximum absolute atomic E-state index is 12.6. The highest BCUT2D eigenvalue weighted by Crippen LogP contribution is 2.33. The SMILES string of the molecule is CCOC(=O)c1c(NC(=O)c2ccc(C)c(S(C)(=O)=O)c2)sc(C)c1C. The van der Waals surface area contributed by atoms with Gasteiger partial charge in [-0.05, 0) is 51.0 Å². The second-order valence-electron chi connectivity index (χ2n) is 5.91. The van der Waals surface area contributed by atoms with Crippen LogP contribution in [0.25, 0.3) is 0 Å². The molecule has 0 atom stereocenters. The topological polar surface area (TPSA) is 89.5 Å². The summed E-state index contributed by atoms with van der Waals surface area (Å²) in [7, 11) is -3.45. The largest absolute Gasteiger partial charge is 0.462 e. The van der Waals surface area contributed by atoms with E-state index in [0.717, 1.165) is 16.7 Å². The average Bonchev–Trinajstić information content (AvgIpc) is 2.81. The molecule has 0 unspecified atom stereocenters. The average molecular weight is 396 g/mol. The number of carbonyl (C=O) groups excluding carboxylic acids is 2. The van der Waals surface area contributed by atoms with Crippen LogP contribution in [0.15, 0.2) is 23.1 Å². The Kier molecular flexibility index (Phi) is 5.87. The summed E-state index contributed by atoms with van der Waals surface area (Å²) < 4.78 is 28.8. The smallest absolute Gasteiger partial charge is 0.341 e. The maximum Gasteiger partial charge on any atom is 0.341 e. The van der Waals surface area contributed by atoms with Gasteiger partial charge >= 0.3 is 5.97 Å². The molecule has 1 amide bonds. The third kappa shape index (κ3) is 4.13. The minimum atomic E-state index is -3.45. The van der Waals surface area contributed by atoms with E-state index in [0.29, 0.717) is 16.1 Å². The lowest BCUT2D eigenvalue weighted by Crippen LogP contribution is -2.15. The van der Waals surface area contributed by atoms with E-state index in [-0.39, 0.29) is 17.1 Å². The molecule has 0 saturated carbocycles. The molecule has 0 radical (unpaired) electrons. The highest BCUT2D eigenvalue weighted by molar-refractivity contribution is 7.90. The molecule has 1 aromatic heterocycles. The van der Waals surface area contributed by atoms with Crippen LogP contribution >= 0.6 is 11.3 Å². The molecule has 1 aromatic carbocycles. The van der Waals surface area contributed by atoms with Crippen LogP contribution in [-0.4, -0.2) is 33.2 Å². The summed E-state index contributed by atoms with van der Waals surface area (Å²) in [5.41, 5.74) is 1.86. The van der Waals surface area contributed by atoms with Gasteiger partial charge in [-0.1, -0.05) is 6.07 Å². The summed E-state index contributed by atoms with van der Waals surface area (Å²) in [5.74, 6) is -0.980. The van der Waals surface area contributed by atoms with Gasteiger partial charge in [0.2, 0.25) is 0 Å². The van der Waals surface area contributed by atoms with Gasteiger partial charge in [-0.25, -0.2) is 13.2 Å². The molecule has 8 heteroatoms. The molecule has 0 aliphatic carbocycles. The Morgan fingerprint density at radius 1 is 1.19 bits per heavy atom.